The van der Waals surface area contributed by atoms with Crippen LogP contribution >= 0.6 is 0 Å². The van der Waals surface area contributed by atoms with Crippen LogP contribution in [0.2, 0.25) is 0 Å². The average Bonchev–Trinajstić information content (AvgIpc) is 2.56. The summed E-state index contributed by atoms with van der Waals surface area (Å²) in [7, 11) is 0. The maximum Gasteiger partial charge on any atom is 0.000439 e. The molecule has 0 aromatic heterocycles. The van der Waals surface area contributed by atoms with Crippen molar-refractivity contribution in [2.75, 3.05) is 39.3 Å². The number of piperidine rings is 2. The molecule has 2 saturated heterocycles. The third-order valence-corrected chi connectivity index (χ3v) is 6.39. The first kappa shape index (κ1) is 21.2. The number of unbranched alkanes of at least 4 members (excludes halogenated alkanes) is 2. The largest absolute Gasteiger partial charge is 0.303 e. The lowest BCUT2D eigenvalue weighted by atomic mass is 9.88. The van der Waals surface area contributed by atoms with Crippen molar-refractivity contribution in [3.63, 3.8) is 0 Å². The molecule has 2 heterocycles. The first-order chi connectivity index (χ1) is 12.0. The summed E-state index contributed by atoms with van der Waals surface area (Å²) in [5.41, 5.74) is 0. The van der Waals surface area contributed by atoms with E-state index in [4.69, 9.17) is 0 Å². The minimum atomic E-state index is 0.828. The zero-order valence-electron chi connectivity index (χ0n) is 17.8. The van der Waals surface area contributed by atoms with E-state index in [0.717, 1.165) is 23.7 Å². The Morgan fingerprint density at radius 3 is 1.28 bits per heavy atom. The Kier molecular flexibility index (Phi) is 9.84. The molecule has 2 nitrogen and oxygen atoms in total. The van der Waals surface area contributed by atoms with Gasteiger partial charge in [-0.15, -0.1) is 0 Å². The predicted octanol–water partition coefficient (Wildman–Crippen LogP) is 5.67. The molecule has 2 heteroatoms. The van der Waals surface area contributed by atoms with Crippen molar-refractivity contribution in [3.8, 4) is 0 Å². The molecule has 0 radical (unpaired) electrons. The fraction of sp³-hybridized carbons (Fsp3) is 1.00. The molecular weight excluding hydrogens is 304 g/mol. The van der Waals surface area contributed by atoms with Crippen molar-refractivity contribution in [2.24, 2.45) is 23.7 Å². The summed E-state index contributed by atoms with van der Waals surface area (Å²) in [5, 5.41) is 0. The lowest BCUT2D eigenvalue weighted by Gasteiger charge is -2.33. The fourth-order valence-electron chi connectivity index (χ4n) is 4.99. The monoisotopic (exact) mass is 350 g/mol. The summed E-state index contributed by atoms with van der Waals surface area (Å²) >= 11 is 0. The topological polar surface area (TPSA) is 6.48 Å². The second-order valence-electron chi connectivity index (χ2n) is 9.91. The Hall–Kier alpha value is -0.0800. The first-order valence-electron chi connectivity index (χ1n) is 11.5. The van der Waals surface area contributed by atoms with Crippen LogP contribution in [0.3, 0.4) is 0 Å². The Balaban J connectivity index is 1.44. The maximum atomic E-state index is 2.69. The van der Waals surface area contributed by atoms with Crippen LogP contribution in [-0.2, 0) is 0 Å². The second-order valence-corrected chi connectivity index (χ2v) is 9.91. The van der Waals surface area contributed by atoms with Gasteiger partial charge in [0.15, 0.2) is 0 Å². The lowest BCUT2D eigenvalue weighted by molar-refractivity contribution is 0.158. The van der Waals surface area contributed by atoms with E-state index in [2.05, 4.69) is 37.5 Å². The molecule has 0 spiro atoms. The molecule has 2 fully saturated rings. The average molecular weight is 351 g/mol. The molecule has 2 rings (SSSR count). The summed E-state index contributed by atoms with van der Waals surface area (Å²) in [4.78, 5) is 5.37. The molecule has 148 valence electrons. The molecule has 0 N–H and O–H groups in total. The number of hydrogen-bond donors (Lipinski definition) is 0. The van der Waals surface area contributed by atoms with Crippen LogP contribution in [-0.4, -0.2) is 49.1 Å². The van der Waals surface area contributed by atoms with Crippen molar-refractivity contribution in [3.05, 3.63) is 0 Å². The van der Waals surface area contributed by atoms with E-state index in [9.17, 15) is 0 Å². The minimum Gasteiger partial charge on any atom is -0.303 e. The molecule has 0 aromatic rings. The molecule has 0 amide bonds. The van der Waals surface area contributed by atoms with Gasteiger partial charge >= 0.3 is 0 Å². The smallest absolute Gasteiger partial charge is 0.000439 e. The lowest BCUT2D eigenvalue weighted by Crippen LogP contribution is -2.36. The summed E-state index contributed by atoms with van der Waals surface area (Å²) in [6, 6.07) is 0. The van der Waals surface area contributed by atoms with Crippen LogP contribution in [0, 0.1) is 23.7 Å². The summed E-state index contributed by atoms with van der Waals surface area (Å²) in [6.45, 7) is 17.4. The van der Waals surface area contributed by atoms with Crippen molar-refractivity contribution < 1.29 is 0 Å². The van der Waals surface area contributed by atoms with E-state index in [-0.39, 0.29) is 0 Å². The molecule has 0 saturated carbocycles. The standard InChI is InChI=1S/C23H46N2/c1-20(2)18-24-14-10-22(11-15-24)8-6-5-7-9-23-12-16-25(17-13-23)19-21(3)4/h20-23H,5-19H2,1-4H3. The predicted molar refractivity (Wildman–Crippen MR) is 111 cm³/mol. The van der Waals surface area contributed by atoms with E-state index in [1.165, 1.54) is 97.1 Å². The second kappa shape index (κ2) is 11.6. The zero-order valence-corrected chi connectivity index (χ0v) is 17.8. The Morgan fingerprint density at radius 1 is 0.600 bits per heavy atom. The summed E-state index contributed by atoms with van der Waals surface area (Å²) < 4.78 is 0. The minimum absolute atomic E-state index is 0.828. The fourth-order valence-corrected chi connectivity index (χ4v) is 4.99. The summed E-state index contributed by atoms with van der Waals surface area (Å²) in [5.74, 6) is 3.72. The molecule has 0 unspecified atom stereocenters. The molecule has 0 atom stereocenters. The van der Waals surface area contributed by atoms with Crippen LogP contribution in [0.15, 0.2) is 0 Å². The van der Waals surface area contributed by atoms with E-state index >= 15 is 0 Å². The van der Waals surface area contributed by atoms with Gasteiger partial charge in [-0.05, 0) is 75.5 Å². The number of nitrogens with zero attached hydrogens (tertiary/aromatic N) is 2. The van der Waals surface area contributed by atoms with Crippen LogP contribution in [0.4, 0.5) is 0 Å². The Bertz CT molecular complexity index is 291. The van der Waals surface area contributed by atoms with Gasteiger partial charge in [-0.3, -0.25) is 0 Å². The van der Waals surface area contributed by atoms with Gasteiger partial charge in [0.05, 0.1) is 0 Å². The van der Waals surface area contributed by atoms with Crippen LogP contribution < -0.4 is 0 Å². The third kappa shape index (κ3) is 8.91. The maximum absolute atomic E-state index is 2.69. The third-order valence-electron chi connectivity index (χ3n) is 6.39. The number of likely N-dealkylation sites (tertiary alicyclic amines) is 2. The number of hydrogen-bond acceptors (Lipinski definition) is 2. The van der Waals surface area contributed by atoms with Crippen LogP contribution in [0.5, 0.6) is 0 Å². The molecule has 0 aromatic carbocycles. The quantitative estimate of drug-likeness (QED) is 0.468. The van der Waals surface area contributed by atoms with Gasteiger partial charge in [0.25, 0.3) is 0 Å². The molecule has 0 bridgehead atoms. The van der Waals surface area contributed by atoms with Gasteiger partial charge in [-0.25, -0.2) is 0 Å². The molecular formula is C23H46N2. The SMILES string of the molecule is CC(C)CN1CCC(CCCCCC2CCN(CC(C)C)CC2)CC1. The van der Waals surface area contributed by atoms with E-state index in [1.54, 1.807) is 0 Å². The molecule has 25 heavy (non-hydrogen) atoms. The van der Waals surface area contributed by atoms with Crippen LogP contribution in [0.25, 0.3) is 0 Å². The van der Waals surface area contributed by atoms with Gasteiger partial charge in [0, 0.05) is 13.1 Å². The van der Waals surface area contributed by atoms with Crippen molar-refractivity contribution in [1.82, 2.24) is 9.80 Å². The molecule has 2 aliphatic heterocycles. The first-order valence-corrected chi connectivity index (χ1v) is 11.5. The van der Waals surface area contributed by atoms with Gasteiger partial charge in [0.2, 0.25) is 0 Å². The van der Waals surface area contributed by atoms with Crippen LogP contribution in [0.1, 0.15) is 85.5 Å². The zero-order chi connectivity index (χ0) is 18.1. The highest BCUT2D eigenvalue weighted by Crippen LogP contribution is 2.26. The highest BCUT2D eigenvalue weighted by Gasteiger charge is 2.20. The normalized spacial score (nSPS) is 22.3. The van der Waals surface area contributed by atoms with E-state index in [0.29, 0.717) is 0 Å². The Labute approximate surface area is 158 Å². The van der Waals surface area contributed by atoms with Gasteiger partial charge in [-0.2, -0.15) is 0 Å². The van der Waals surface area contributed by atoms with Gasteiger partial charge in [0.1, 0.15) is 0 Å². The van der Waals surface area contributed by atoms with Crippen molar-refractivity contribution >= 4 is 0 Å². The van der Waals surface area contributed by atoms with Crippen molar-refractivity contribution in [2.45, 2.75) is 85.5 Å². The van der Waals surface area contributed by atoms with Gasteiger partial charge in [-0.1, -0.05) is 59.8 Å². The van der Waals surface area contributed by atoms with Gasteiger partial charge < -0.3 is 9.80 Å². The number of rotatable bonds is 10. The van der Waals surface area contributed by atoms with E-state index in [1.807, 2.05) is 0 Å². The van der Waals surface area contributed by atoms with E-state index < -0.39 is 0 Å². The highest BCUT2D eigenvalue weighted by molar-refractivity contribution is 4.75. The molecule has 0 aliphatic carbocycles. The molecule has 2 aliphatic rings. The van der Waals surface area contributed by atoms with Crippen molar-refractivity contribution in [1.29, 1.82) is 0 Å². The Morgan fingerprint density at radius 2 is 0.960 bits per heavy atom. The summed E-state index contributed by atoms with van der Waals surface area (Å²) in [6.07, 6.45) is 13.3. The highest BCUT2D eigenvalue weighted by atomic mass is 15.1.